The van der Waals surface area contributed by atoms with Gasteiger partial charge in [0.25, 0.3) is 5.91 Å². The van der Waals surface area contributed by atoms with E-state index in [9.17, 15) is 4.79 Å². The molecule has 0 bridgehead atoms. The number of benzene rings is 1. The Kier molecular flexibility index (Phi) is 4.75. The molecule has 20 heavy (non-hydrogen) atoms. The standard InChI is InChI=1S/C13H13Cl2N3OS/c14-10-6-7(16)5-9(13(17)19)12(10)18-4-3-8-1-2-11(15)20-8/h1-2,5-6,18H,3-4,16H2,(H2,17,19). The van der Waals surface area contributed by atoms with Crippen molar-refractivity contribution in [2.75, 3.05) is 17.6 Å². The van der Waals surface area contributed by atoms with Gasteiger partial charge in [-0.25, -0.2) is 0 Å². The van der Waals surface area contributed by atoms with Crippen LogP contribution in [0.15, 0.2) is 24.3 Å². The summed E-state index contributed by atoms with van der Waals surface area (Å²) in [6.07, 6.45) is 0.774. The van der Waals surface area contributed by atoms with Gasteiger partial charge in [0.15, 0.2) is 0 Å². The first-order chi connectivity index (χ1) is 9.47. The molecule has 0 fully saturated rings. The van der Waals surface area contributed by atoms with Gasteiger partial charge in [-0.3, -0.25) is 4.79 Å². The van der Waals surface area contributed by atoms with Crippen LogP contribution in [0.4, 0.5) is 11.4 Å². The highest BCUT2D eigenvalue weighted by molar-refractivity contribution is 7.16. The maximum absolute atomic E-state index is 11.4. The molecule has 0 radical (unpaired) electrons. The number of halogens is 2. The van der Waals surface area contributed by atoms with Crippen molar-refractivity contribution in [2.45, 2.75) is 6.42 Å². The van der Waals surface area contributed by atoms with Crippen LogP contribution in [-0.2, 0) is 6.42 Å². The summed E-state index contributed by atoms with van der Waals surface area (Å²) in [5.74, 6) is -0.569. The van der Waals surface area contributed by atoms with Crippen LogP contribution in [0.5, 0.6) is 0 Å². The monoisotopic (exact) mass is 329 g/mol. The summed E-state index contributed by atoms with van der Waals surface area (Å²) in [7, 11) is 0. The number of anilines is 2. The number of nitrogens with two attached hydrogens (primary N) is 2. The van der Waals surface area contributed by atoms with Crippen LogP contribution in [-0.4, -0.2) is 12.5 Å². The third-order valence-electron chi connectivity index (χ3n) is 2.68. The van der Waals surface area contributed by atoms with Gasteiger partial charge in [-0.05, 0) is 30.7 Å². The summed E-state index contributed by atoms with van der Waals surface area (Å²) in [6.45, 7) is 0.612. The van der Waals surface area contributed by atoms with E-state index in [1.54, 1.807) is 6.07 Å². The molecule has 4 nitrogen and oxygen atoms in total. The molecule has 0 aliphatic carbocycles. The van der Waals surface area contributed by atoms with Crippen molar-refractivity contribution >= 4 is 51.8 Å². The molecule has 1 heterocycles. The average Bonchev–Trinajstić information content (AvgIpc) is 2.77. The zero-order valence-corrected chi connectivity index (χ0v) is 12.8. The number of primary amides is 1. The molecule has 5 N–H and O–H groups in total. The fourth-order valence-corrected chi connectivity index (χ4v) is 3.18. The average molecular weight is 330 g/mol. The lowest BCUT2D eigenvalue weighted by atomic mass is 10.1. The van der Waals surface area contributed by atoms with Crippen molar-refractivity contribution in [3.63, 3.8) is 0 Å². The van der Waals surface area contributed by atoms with E-state index in [0.29, 0.717) is 28.5 Å². The first kappa shape index (κ1) is 15.0. The Bertz CT molecular complexity index is 643. The van der Waals surface area contributed by atoms with Crippen molar-refractivity contribution in [1.82, 2.24) is 0 Å². The molecule has 2 aromatic rings. The molecule has 0 aliphatic heterocycles. The lowest BCUT2D eigenvalue weighted by Gasteiger charge is -2.12. The van der Waals surface area contributed by atoms with E-state index in [4.69, 9.17) is 34.7 Å². The summed E-state index contributed by atoms with van der Waals surface area (Å²) < 4.78 is 0.753. The minimum atomic E-state index is -0.569. The summed E-state index contributed by atoms with van der Waals surface area (Å²) in [6, 6.07) is 6.91. The van der Waals surface area contributed by atoms with Crippen LogP contribution in [0.1, 0.15) is 15.2 Å². The number of carbonyl (C=O) groups excluding carboxylic acids is 1. The van der Waals surface area contributed by atoms with Crippen molar-refractivity contribution in [3.05, 3.63) is 44.1 Å². The number of rotatable bonds is 5. The first-order valence-corrected chi connectivity index (χ1v) is 7.41. The van der Waals surface area contributed by atoms with E-state index >= 15 is 0 Å². The van der Waals surface area contributed by atoms with E-state index in [1.807, 2.05) is 12.1 Å². The summed E-state index contributed by atoms with van der Waals surface area (Å²) in [5.41, 5.74) is 12.2. The van der Waals surface area contributed by atoms with Crippen molar-refractivity contribution < 1.29 is 4.79 Å². The molecule has 0 atom stereocenters. The van der Waals surface area contributed by atoms with Gasteiger partial charge in [0.05, 0.1) is 20.6 Å². The number of amides is 1. The smallest absolute Gasteiger partial charge is 0.250 e. The maximum atomic E-state index is 11.4. The normalized spacial score (nSPS) is 10.5. The Labute approximate surface area is 130 Å². The minimum absolute atomic E-state index is 0.291. The molecular weight excluding hydrogens is 317 g/mol. The number of hydrogen-bond acceptors (Lipinski definition) is 4. The van der Waals surface area contributed by atoms with E-state index in [0.717, 1.165) is 15.6 Å². The molecule has 1 amide bonds. The lowest BCUT2D eigenvalue weighted by Crippen LogP contribution is -2.16. The van der Waals surface area contributed by atoms with Gasteiger partial charge in [-0.1, -0.05) is 23.2 Å². The highest BCUT2D eigenvalue weighted by Crippen LogP contribution is 2.29. The molecule has 7 heteroatoms. The van der Waals surface area contributed by atoms with Gasteiger partial charge in [-0.15, -0.1) is 11.3 Å². The predicted molar refractivity (Wildman–Crippen MR) is 85.9 cm³/mol. The van der Waals surface area contributed by atoms with Crippen LogP contribution in [0.2, 0.25) is 9.36 Å². The van der Waals surface area contributed by atoms with E-state index < -0.39 is 5.91 Å². The number of nitrogen functional groups attached to an aromatic ring is 1. The number of carbonyl (C=O) groups is 1. The fourth-order valence-electron chi connectivity index (χ4n) is 1.80. The first-order valence-electron chi connectivity index (χ1n) is 5.84. The van der Waals surface area contributed by atoms with Crippen LogP contribution in [0.25, 0.3) is 0 Å². The largest absolute Gasteiger partial charge is 0.399 e. The second-order valence-corrected chi connectivity index (χ2v) is 6.38. The molecule has 1 aromatic heterocycles. The van der Waals surface area contributed by atoms with Gasteiger partial charge in [0, 0.05) is 17.1 Å². The molecule has 0 spiro atoms. The molecule has 0 aliphatic rings. The van der Waals surface area contributed by atoms with E-state index in [-0.39, 0.29) is 0 Å². The summed E-state index contributed by atoms with van der Waals surface area (Å²) in [4.78, 5) is 12.6. The van der Waals surface area contributed by atoms with Crippen LogP contribution >= 0.6 is 34.5 Å². The SMILES string of the molecule is NC(=O)c1cc(N)cc(Cl)c1NCCc1ccc(Cl)s1. The molecule has 0 saturated heterocycles. The third-order valence-corrected chi connectivity index (χ3v) is 4.27. The highest BCUT2D eigenvalue weighted by atomic mass is 35.5. The third kappa shape index (κ3) is 3.56. The Morgan fingerprint density at radius 1 is 1.30 bits per heavy atom. The van der Waals surface area contributed by atoms with Gasteiger partial charge >= 0.3 is 0 Å². The molecular formula is C13H13Cl2N3OS. The van der Waals surface area contributed by atoms with Gasteiger partial charge in [-0.2, -0.15) is 0 Å². The zero-order chi connectivity index (χ0) is 14.7. The van der Waals surface area contributed by atoms with Crippen LogP contribution in [0.3, 0.4) is 0 Å². The molecule has 106 valence electrons. The number of thiophene rings is 1. The topological polar surface area (TPSA) is 81.1 Å². The molecule has 2 rings (SSSR count). The maximum Gasteiger partial charge on any atom is 0.250 e. The van der Waals surface area contributed by atoms with Crippen LogP contribution < -0.4 is 16.8 Å². The molecule has 1 aromatic carbocycles. The predicted octanol–water partition coefficient (Wildman–Crippen LogP) is 3.39. The van der Waals surface area contributed by atoms with Gasteiger partial charge in [0.2, 0.25) is 0 Å². The van der Waals surface area contributed by atoms with E-state index in [1.165, 1.54) is 17.4 Å². The summed E-state index contributed by atoms with van der Waals surface area (Å²) >= 11 is 13.5. The Hall–Kier alpha value is -1.43. The lowest BCUT2D eigenvalue weighted by molar-refractivity contribution is 0.100. The number of nitrogens with one attached hydrogen (secondary N) is 1. The second-order valence-electron chi connectivity index (χ2n) is 4.17. The molecule has 0 saturated carbocycles. The quantitative estimate of drug-likeness (QED) is 0.735. The van der Waals surface area contributed by atoms with Crippen molar-refractivity contribution in [2.24, 2.45) is 5.73 Å². The minimum Gasteiger partial charge on any atom is -0.399 e. The number of hydrogen-bond donors (Lipinski definition) is 3. The fraction of sp³-hybridized carbons (Fsp3) is 0.154. The Morgan fingerprint density at radius 3 is 2.65 bits per heavy atom. The molecule has 0 unspecified atom stereocenters. The van der Waals surface area contributed by atoms with Gasteiger partial charge in [0.1, 0.15) is 0 Å². The van der Waals surface area contributed by atoms with E-state index in [2.05, 4.69) is 5.32 Å². The Morgan fingerprint density at radius 2 is 2.05 bits per heavy atom. The Balaban J connectivity index is 2.10. The summed E-state index contributed by atoms with van der Waals surface area (Å²) in [5, 5.41) is 3.50. The van der Waals surface area contributed by atoms with Crippen molar-refractivity contribution in [3.8, 4) is 0 Å². The van der Waals surface area contributed by atoms with Crippen molar-refractivity contribution in [1.29, 1.82) is 0 Å². The zero-order valence-electron chi connectivity index (χ0n) is 10.5. The van der Waals surface area contributed by atoms with Gasteiger partial charge < -0.3 is 16.8 Å². The van der Waals surface area contributed by atoms with Crippen LogP contribution in [0, 0.1) is 0 Å². The highest BCUT2D eigenvalue weighted by Gasteiger charge is 2.13. The second kappa shape index (κ2) is 6.35.